The zero-order chi connectivity index (χ0) is 19.9. The normalized spacial score (nSPS) is 18.8. The lowest BCUT2D eigenvalue weighted by Crippen LogP contribution is -2.51. The summed E-state index contributed by atoms with van der Waals surface area (Å²) in [5, 5.41) is 6.07. The number of amides is 2. The third kappa shape index (κ3) is 3.64. The number of likely N-dealkylation sites (N-methyl/N-ethyl adjacent to an activating group) is 1. The largest absolute Gasteiger partial charge is 0.435 e. The van der Waals surface area contributed by atoms with Gasteiger partial charge in [-0.15, -0.1) is 0 Å². The lowest BCUT2D eigenvalue weighted by atomic mass is 10.1. The van der Waals surface area contributed by atoms with Crippen molar-refractivity contribution in [3.05, 3.63) is 29.5 Å². The van der Waals surface area contributed by atoms with Gasteiger partial charge in [0.1, 0.15) is 11.6 Å². The molecule has 148 valence electrons. The van der Waals surface area contributed by atoms with Gasteiger partial charge in [-0.1, -0.05) is 0 Å². The van der Waals surface area contributed by atoms with Crippen molar-refractivity contribution in [1.82, 2.24) is 29.1 Å². The first-order chi connectivity index (χ1) is 12.6. The topological polar surface area (TPSA) is 71.2 Å². The highest BCUT2D eigenvalue weighted by molar-refractivity contribution is 5.89. The summed E-state index contributed by atoms with van der Waals surface area (Å²) in [6.45, 7) is 2.78. The Labute approximate surface area is 154 Å². The molecule has 2 amide bonds. The van der Waals surface area contributed by atoms with E-state index in [-0.39, 0.29) is 17.4 Å². The summed E-state index contributed by atoms with van der Waals surface area (Å²) in [5.74, 6) is 0.867. The van der Waals surface area contributed by atoms with Gasteiger partial charge < -0.3 is 9.47 Å². The van der Waals surface area contributed by atoms with Crippen molar-refractivity contribution in [2.24, 2.45) is 14.1 Å². The molecular weight excluding hydrogens is 363 g/mol. The molecule has 1 aliphatic rings. The van der Waals surface area contributed by atoms with Crippen LogP contribution >= 0.6 is 0 Å². The van der Waals surface area contributed by atoms with Crippen LogP contribution in [0.4, 0.5) is 23.8 Å². The van der Waals surface area contributed by atoms with Gasteiger partial charge in [0.15, 0.2) is 5.69 Å². The first-order valence-corrected chi connectivity index (χ1v) is 8.43. The van der Waals surface area contributed by atoms with Crippen LogP contribution in [0.25, 0.3) is 0 Å². The highest BCUT2D eigenvalue weighted by atomic mass is 19.4. The molecule has 1 unspecified atom stereocenters. The number of anilines is 1. The number of halogens is 3. The van der Waals surface area contributed by atoms with Gasteiger partial charge in [0.05, 0.1) is 6.04 Å². The van der Waals surface area contributed by atoms with Gasteiger partial charge in [-0.25, -0.2) is 9.78 Å². The van der Waals surface area contributed by atoms with E-state index in [2.05, 4.69) is 20.3 Å². The molecule has 0 aliphatic carbocycles. The first-order valence-electron chi connectivity index (χ1n) is 8.43. The van der Waals surface area contributed by atoms with E-state index in [1.54, 1.807) is 11.1 Å². The highest BCUT2D eigenvalue weighted by Crippen LogP contribution is 2.34. The standard InChI is InChI=1S/C16H22F3N7O/c1-10-12(16(17,18)19)22-25(4)13(10)21-15(27)26-8-7-23(2)11(9-26)14-20-5-6-24(14)3/h5-6,11H,7-9H2,1-4H3,(H,21,27). The zero-order valence-electron chi connectivity index (χ0n) is 15.6. The summed E-state index contributed by atoms with van der Waals surface area (Å²) < 4.78 is 42.0. The number of hydrogen-bond acceptors (Lipinski definition) is 4. The number of carbonyl (C=O) groups excluding carboxylic acids is 1. The molecule has 1 N–H and O–H groups in total. The maximum absolute atomic E-state index is 13.0. The second-order valence-corrected chi connectivity index (χ2v) is 6.71. The second kappa shape index (κ2) is 6.87. The molecule has 27 heavy (non-hydrogen) atoms. The van der Waals surface area contributed by atoms with E-state index in [4.69, 9.17) is 0 Å². The Hall–Kier alpha value is -2.56. The molecule has 3 heterocycles. The predicted octanol–water partition coefficient (Wildman–Crippen LogP) is 2.00. The fraction of sp³-hybridized carbons (Fsp3) is 0.562. The number of imidazole rings is 1. The van der Waals surface area contributed by atoms with E-state index in [0.29, 0.717) is 19.6 Å². The first kappa shape index (κ1) is 19.2. The van der Waals surface area contributed by atoms with E-state index in [1.807, 2.05) is 24.9 Å². The summed E-state index contributed by atoms with van der Waals surface area (Å²) in [7, 11) is 5.21. The summed E-state index contributed by atoms with van der Waals surface area (Å²) >= 11 is 0. The van der Waals surface area contributed by atoms with E-state index >= 15 is 0 Å². The molecule has 1 saturated heterocycles. The molecule has 3 rings (SSSR count). The van der Waals surface area contributed by atoms with E-state index in [0.717, 1.165) is 10.5 Å². The molecular formula is C16H22F3N7O. The molecule has 0 aromatic carbocycles. The van der Waals surface area contributed by atoms with Crippen molar-refractivity contribution >= 4 is 11.8 Å². The minimum Gasteiger partial charge on any atom is -0.337 e. The van der Waals surface area contributed by atoms with Crippen LogP contribution in [-0.4, -0.2) is 61.8 Å². The molecule has 2 aromatic rings. The third-order valence-corrected chi connectivity index (χ3v) is 4.87. The molecule has 8 nitrogen and oxygen atoms in total. The smallest absolute Gasteiger partial charge is 0.337 e. The summed E-state index contributed by atoms with van der Waals surface area (Å²) in [5.41, 5.74) is -1.10. The Kier molecular flexibility index (Phi) is 4.89. The molecule has 2 aromatic heterocycles. The van der Waals surface area contributed by atoms with Crippen LogP contribution in [0.3, 0.4) is 0 Å². The summed E-state index contributed by atoms with van der Waals surface area (Å²) in [6, 6.07) is -0.551. The molecule has 0 bridgehead atoms. The SMILES string of the molecule is Cc1c(C(F)(F)F)nn(C)c1NC(=O)N1CCN(C)C(c2nccn2C)C1. The number of hydrogen-bond donors (Lipinski definition) is 1. The van der Waals surface area contributed by atoms with Gasteiger partial charge in [-0.2, -0.15) is 18.3 Å². The fourth-order valence-corrected chi connectivity index (χ4v) is 3.29. The molecule has 11 heteroatoms. The van der Waals surface area contributed by atoms with Crippen molar-refractivity contribution < 1.29 is 18.0 Å². The van der Waals surface area contributed by atoms with Crippen LogP contribution < -0.4 is 5.32 Å². The number of rotatable bonds is 2. The van der Waals surface area contributed by atoms with E-state index in [9.17, 15) is 18.0 Å². The predicted molar refractivity (Wildman–Crippen MR) is 92.1 cm³/mol. The molecule has 1 atom stereocenters. The van der Waals surface area contributed by atoms with Crippen molar-refractivity contribution in [1.29, 1.82) is 0 Å². The van der Waals surface area contributed by atoms with Gasteiger partial charge in [0.2, 0.25) is 0 Å². The van der Waals surface area contributed by atoms with E-state index in [1.165, 1.54) is 14.0 Å². The summed E-state index contributed by atoms with van der Waals surface area (Å²) in [4.78, 5) is 20.7. The van der Waals surface area contributed by atoms with Gasteiger partial charge in [-0.05, 0) is 14.0 Å². The number of urea groups is 1. The molecule has 0 spiro atoms. The Balaban J connectivity index is 1.77. The number of nitrogens with one attached hydrogen (secondary N) is 1. The number of nitrogens with zero attached hydrogens (tertiary/aromatic N) is 6. The number of aromatic nitrogens is 4. The van der Waals surface area contributed by atoms with E-state index < -0.39 is 17.9 Å². The van der Waals surface area contributed by atoms with Gasteiger partial charge in [0.25, 0.3) is 0 Å². The molecule has 1 fully saturated rings. The Morgan fingerprint density at radius 3 is 2.52 bits per heavy atom. The number of alkyl halides is 3. The van der Waals surface area contributed by atoms with Crippen LogP contribution in [0.2, 0.25) is 0 Å². The van der Waals surface area contributed by atoms with Crippen LogP contribution in [0.15, 0.2) is 12.4 Å². The quantitative estimate of drug-likeness (QED) is 0.859. The molecule has 0 saturated carbocycles. The number of piperazine rings is 1. The Morgan fingerprint density at radius 1 is 1.26 bits per heavy atom. The Morgan fingerprint density at radius 2 is 1.96 bits per heavy atom. The average molecular weight is 385 g/mol. The van der Waals surface area contributed by atoms with Gasteiger partial charge >= 0.3 is 12.2 Å². The van der Waals surface area contributed by atoms with Gasteiger partial charge in [-0.3, -0.25) is 14.9 Å². The van der Waals surface area contributed by atoms with Crippen molar-refractivity contribution in [3.63, 3.8) is 0 Å². The van der Waals surface area contributed by atoms with Crippen molar-refractivity contribution in [3.8, 4) is 0 Å². The fourth-order valence-electron chi connectivity index (χ4n) is 3.29. The third-order valence-electron chi connectivity index (χ3n) is 4.87. The highest BCUT2D eigenvalue weighted by Gasteiger charge is 2.38. The minimum atomic E-state index is -4.57. The lowest BCUT2D eigenvalue weighted by Gasteiger charge is -2.38. The van der Waals surface area contributed by atoms with Crippen molar-refractivity contribution in [2.75, 3.05) is 32.0 Å². The summed E-state index contributed by atoms with van der Waals surface area (Å²) in [6.07, 6.45) is -1.04. The lowest BCUT2D eigenvalue weighted by molar-refractivity contribution is -0.141. The molecule has 0 radical (unpaired) electrons. The van der Waals surface area contributed by atoms with Crippen LogP contribution in [0, 0.1) is 6.92 Å². The number of carbonyl (C=O) groups is 1. The maximum Gasteiger partial charge on any atom is 0.435 e. The zero-order valence-corrected chi connectivity index (χ0v) is 15.6. The van der Waals surface area contributed by atoms with Crippen LogP contribution in [0.1, 0.15) is 23.1 Å². The monoisotopic (exact) mass is 385 g/mol. The second-order valence-electron chi connectivity index (χ2n) is 6.71. The minimum absolute atomic E-state index is 0.0415. The maximum atomic E-state index is 13.0. The Bertz CT molecular complexity index is 842. The average Bonchev–Trinajstić information content (AvgIpc) is 3.13. The van der Waals surface area contributed by atoms with Crippen molar-refractivity contribution in [2.45, 2.75) is 19.1 Å². The van der Waals surface area contributed by atoms with Gasteiger partial charge in [0, 0.05) is 51.7 Å². The number of aryl methyl sites for hydroxylation is 2. The molecule has 1 aliphatic heterocycles. The van der Waals surface area contributed by atoms with Crippen LogP contribution in [-0.2, 0) is 20.3 Å². The van der Waals surface area contributed by atoms with Crippen LogP contribution in [0.5, 0.6) is 0 Å².